The lowest BCUT2D eigenvalue weighted by molar-refractivity contribution is -0.126. The van der Waals surface area contributed by atoms with Crippen LogP contribution < -0.4 is 5.43 Å². The maximum absolute atomic E-state index is 11.2. The molecule has 0 saturated heterocycles. The molecule has 0 spiro atoms. The topological polar surface area (TPSA) is 61.7 Å². The van der Waals surface area contributed by atoms with Crippen molar-refractivity contribution in [3.63, 3.8) is 0 Å². The predicted octanol–water partition coefficient (Wildman–Crippen LogP) is -0.119. The first kappa shape index (κ1) is 8.20. The minimum atomic E-state index is -0.589. The number of nitrogens with zero attached hydrogens (tertiary/aromatic N) is 1. The van der Waals surface area contributed by atoms with E-state index in [2.05, 4.69) is 10.5 Å². The van der Waals surface area contributed by atoms with E-state index in [9.17, 15) is 4.79 Å². The van der Waals surface area contributed by atoms with Gasteiger partial charge in [0, 0.05) is 6.61 Å². The first-order valence-electron chi connectivity index (χ1n) is 3.57. The molecule has 1 atom stereocenters. The van der Waals surface area contributed by atoms with Crippen LogP contribution in [0.1, 0.15) is 20.3 Å². The molecule has 4 heteroatoms. The fourth-order valence-corrected chi connectivity index (χ4v) is 1.06. The minimum Gasteiger partial charge on any atom is -0.396 e. The van der Waals surface area contributed by atoms with Gasteiger partial charge >= 0.3 is 0 Å². The molecule has 0 fully saturated rings. The van der Waals surface area contributed by atoms with Gasteiger partial charge in [0.2, 0.25) is 0 Å². The van der Waals surface area contributed by atoms with Gasteiger partial charge in [0.05, 0.1) is 11.1 Å². The van der Waals surface area contributed by atoms with E-state index < -0.39 is 5.41 Å². The Bertz CT molecular complexity index is 212. The molecule has 0 aromatic rings. The van der Waals surface area contributed by atoms with Gasteiger partial charge < -0.3 is 5.11 Å². The van der Waals surface area contributed by atoms with Gasteiger partial charge in [0.1, 0.15) is 0 Å². The highest BCUT2D eigenvalue weighted by Crippen LogP contribution is 2.26. The highest BCUT2D eigenvalue weighted by Gasteiger charge is 2.39. The summed E-state index contributed by atoms with van der Waals surface area (Å²) in [5, 5.41) is 12.5. The number of nitrogens with one attached hydrogen (secondary N) is 1. The van der Waals surface area contributed by atoms with Crippen LogP contribution in [-0.2, 0) is 4.79 Å². The molecule has 2 N–H and O–H groups in total. The zero-order valence-electron chi connectivity index (χ0n) is 6.72. The van der Waals surface area contributed by atoms with Crippen molar-refractivity contribution in [1.82, 2.24) is 5.43 Å². The van der Waals surface area contributed by atoms with Gasteiger partial charge in [-0.1, -0.05) is 0 Å². The third-order valence-corrected chi connectivity index (χ3v) is 2.24. The maximum Gasteiger partial charge on any atom is 0.251 e. The van der Waals surface area contributed by atoms with Crippen molar-refractivity contribution in [2.24, 2.45) is 10.5 Å². The molecular formula is C7H12N2O2. The summed E-state index contributed by atoms with van der Waals surface area (Å²) >= 11 is 0. The van der Waals surface area contributed by atoms with Crippen molar-refractivity contribution in [3.8, 4) is 0 Å². The molecule has 1 heterocycles. The van der Waals surface area contributed by atoms with Gasteiger partial charge in [-0.05, 0) is 20.3 Å². The predicted molar refractivity (Wildman–Crippen MR) is 41.1 cm³/mol. The summed E-state index contributed by atoms with van der Waals surface area (Å²) < 4.78 is 0. The zero-order valence-corrected chi connectivity index (χ0v) is 6.72. The number of hydrogen-bond donors (Lipinski definition) is 2. The zero-order chi connectivity index (χ0) is 8.48. The Kier molecular flexibility index (Phi) is 1.95. The summed E-state index contributed by atoms with van der Waals surface area (Å²) in [6.07, 6.45) is 0.439. The molecule has 1 aliphatic heterocycles. The largest absolute Gasteiger partial charge is 0.396 e. The summed E-state index contributed by atoms with van der Waals surface area (Å²) in [4.78, 5) is 11.2. The average Bonchev–Trinajstić information content (AvgIpc) is 2.19. The minimum absolute atomic E-state index is 0.0107. The van der Waals surface area contributed by atoms with E-state index in [-0.39, 0.29) is 12.5 Å². The highest BCUT2D eigenvalue weighted by molar-refractivity contribution is 6.10. The molecule has 0 aliphatic carbocycles. The molecule has 0 saturated carbocycles. The molecule has 1 aliphatic rings. The van der Waals surface area contributed by atoms with Crippen molar-refractivity contribution in [2.75, 3.05) is 6.61 Å². The number of rotatable bonds is 2. The number of hydrogen-bond acceptors (Lipinski definition) is 3. The van der Waals surface area contributed by atoms with E-state index >= 15 is 0 Å². The molecule has 1 amide bonds. The molecule has 0 radical (unpaired) electrons. The van der Waals surface area contributed by atoms with Crippen LogP contribution in [0, 0.1) is 5.41 Å². The lowest BCUT2D eigenvalue weighted by Gasteiger charge is -2.18. The van der Waals surface area contributed by atoms with E-state index in [1.165, 1.54) is 0 Å². The van der Waals surface area contributed by atoms with E-state index in [1.807, 2.05) is 0 Å². The van der Waals surface area contributed by atoms with Crippen LogP contribution >= 0.6 is 0 Å². The van der Waals surface area contributed by atoms with Gasteiger partial charge in [-0.25, -0.2) is 5.43 Å². The fraction of sp³-hybridized carbons (Fsp3) is 0.714. The second-order valence-electron chi connectivity index (χ2n) is 2.94. The summed E-state index contributed by atoms with van der Waals surface area (Å²) in [5.41, 5.74) is 2.54. The summed E-state index contributed by atoms with van der Waals surface area (Å²) in [6.45, 7) is 3.58. The normalized spacial score (nSPS) is 30.1. The Labute approximate surface area is 65.3 Å². The number of amides is 1. The van der Waals surface area contributed by atoms with Crippen molar-refractivity contribution in [1.29, 1.82) is 0 Å². The van der Waals surface area contributed by atoms with Crippen LogP contribution in [-0.4, -0.2) is 23.3 Å². The molecule has 1 rings (SSSR count). The number of carbonyl (C=O) groups excluding carboxylic acids is 1. The van der Waals surface area contributed by atoms with Gasteiger partial charge in [-0.3, -0.25) is 4.79 Å². The molecule has 0 aromatic heterocycles. The summed E-state index contributed by atoms with van der Waals surface area (Å²) in [7, 11) is 0. The van der Waals surface area contributed by atoms with Crippen LogP contribution in [0.25, 0.3) is 0 Å². The molecule has 62 valence electrons. The molecule has 4 nitrogen and oxygen atoms in total. The smallest absolute Gasteiger partial charge is 0.251 e. The molecule has 11 heavy (non-hydrogen) atoms. The quantitative estimate of drug-likeness (QED) is 0.585. The Balaban J connectivity index is 2.81. The van der Waals surface area contributed by atoms with Crippen molar-refractivity contribution >= 4 is 11.6 Å². The van der Waals surface area contributed by atoms with E-state index in [0.29, 0.717) is 6.42 Å². The first-order valence-corrected chi connectivity index (χ1v) is 3.57. The first-order chi connectivity index (χ1) is 5.11. The third-order valence-electron chi connectivity index (χ3n) is 2.24. The Morgan fingerprint density at radius 2 is 2.36 bits per heavy atom. The highest BCUT2D eigenvalue weighted by atomic mass is 16.3. The number of carbonyl (C=O) groups is 1. The van der Waals surface area contributed by atoms with Crippen molar-refractivity contribution in [2.45, 2.75) is 20.3 Å². The molecule has 0 aromatic carbocycles. The monoisotopic (exact) mass is 156 g/mol. The lowest BCUT2D eigenvalue weighted by Crippen LogP contribution is -2.35. The molecule has 0 bridgehead atoms. The van der Waals surface area contributed by atoms with E-state index in [0.717, 1.165) is 5.71 Å². The standard InChI is InChI=1S/C7H12N2O2/c1-5-7(2,3-4-10)6(11)9-8-5/h10H,3-4H2,1-2H3,(H,9,11). The van der Waals surface area contributed by atoms with Crippen LogP contribution in [0.2, 0.25) is 0 Å². The van der Waals surface area contributed by atoms with Gasteiger partial charge in [0.25, 0.3) is 5.91 Å². The van der Waals surface area contributed by atoms with Crippen molar-refractivity contribution < 1.29 is 9.90 Å². The molecular weight excluding hydrogens is 144 g/mol. The van der Waals surface area contributed by atoms with Gasteiger partial charge in [-0.15, -0.1) is 0 Å². The number of hydrazone groups is 1. The van der Waals surface area contributed by atoms with E-state index in [4.69, 9.17) is 5.11 Å². The van der Waals surface area contributed by atoms with Crippen LogP contribution in [0.15, 0.2) is 5.10 Å². The fourth-order valence-electron chi connectivity index (χ4n) is 1.06. The van der Waals surface area contributed by atoms with Crippen molar-refractivity contribution in [3.05, 3.63) is 0 Å². The van der Waals surface area contributed by atoms with Gasteiger partial charge in [0.15, 0.2) is 0 Å². The second-order valence-corrected chi connectivity index (χ2v) is 2.94. The second kappa shape index (κ2) is 2.62. The van der Waals surface area contributed by atoms with Gasteiger partial charge in [-0.2, -0.15) is 5.10 Å². The van der Waals surface area contributed by atoms with Crippen LogP contribution in [0.5, 0.6) is 0 Å². The summed E-state index contributed by atoms with van der Waals surface area (Å²) in [6, 6.07) is 0. The average molecular weight is 156 g/mol. The van der Waals surface area contributed by atoms with Crippen LogP contribution in [0.3, 0.4) is 0 Å². The Hall–Kier alpha value is -0.900. The Morgan fingerprint density at radius 3 is 2.73 bits per heavy atom. The molecule has 1 unspecified atom stereocenters. The van der Waals surface area contributed by atoms with E-state index in [1.54, 1.807) is 13.8 Å². The third kappa shape index (κ3) is 1.14. The summed E-state index contributed by atoms with van der Waals surface area (Å²) in [5.74, 6) is -0.121. The van der Waals surface area contributed by atoms with Crippen LogP contribution in [0.4, 0.5) is 0 Å². The number of aliphatic hydroxyl groups excluding tert-OH is 1. The maximum atomic E-state index is 11.2. The number of aliphatic hydroxyl groups is 1. The Morgan fingerprint density at radius 1 is 1.73 bits per heavy atom. The SMILES string of the molecule is CC1=NNC(=O)C1(C)CCO. The lowest BCUT2D eigenvalue weighted by atomic mass is 9.83.